The van der Waals surface area contributed by atoms with Crippen LogP contribution in [0, 0.1) is 11.8 Å². The Balaban J connectivity index is 5.19. The molecule has 17 nitrogen and oxygen atoms in total. The van der Waals surface area contributed by atoms with Gasteiger partial charge in [0.25, 0.3) is 0 Å². The fourth-order valence-electron chi connectivity index (χ4n) is 10.4. The Morgan fingerprint density at radius 2 is 0.523 bits per heavy atom. The van der Waals surface area contributed by atoms with E-state index in [2.05, 4.69) is 41.5 Å². The average molecular weight is 1300 g/mol. The molecule has 0 saturated carbocycles. The van der Waals surface area contributed by atoms with Crippen LogP contribution in [0.2, 0.25) is 0 Å². The fourth-order valence-corrected chi connectivity index (χ4v) is 12.0. The first kappa shape index (κ1) is 86.1. The van der Waals surface area contributed by atoms with Crippen molar-refractivity contribution in [1.29, 1.82) is 0 Å². The molecule has 19 heteroatoms. The SMILES string of the molecule is CCCCCCCCCCC(=O)OC[C@H](COP(=O)(O)OC[C@H](O)COP(=O)(O)OC[C@@H](COC(=O)CCCCCCCCCCCCCCCC(C)C)OC(=O)CCCCCCCCCCCCCCCC(C)C)OC(=O)CCCCCCCCCC. The number of aliphatic hydroxyl groups excluding tert-OH is 1. The summed E-state index contributed by atoms with van der Waals surface area (Å²) in [6.45, 7) is 9.52. The maximum atomic E-state index is 13.0. The van der Waals surface area contributed by atoms with E-state index in [0.29, 0.717) is 25.7 Å². The first-order valence-corrected chi connectivity index (χ1v) is 39.0. The molecule has 88 heavy (non-hydrogen) atoms. The molecule has 0 saturated heterocycles. The standard InChI is InChI=1S/C69H134O17P2/c1-7-9-11-13-15-33-39-45-51-66(71)79-57-64(85-68(73)53-47-41-34-16-14-12-10-8-2)59-83-87(75,76)81-55-63(70)56-82-88(77,78)84-60-65(86-69(74)54-48-42-36-30-26-22-18-20-24-28-32-38-44-50-62(5)6)58-80-67(72)52-46-40-35-29-25-21-17-19-23-27-31-37-43-49-61(3)4/h61-65,70H,7-60H2,1-6H3,(H,75,76)(H,77,78)/t63-,64+,65+/m0/s1. The van der Waals surface area contributed by atoms with Crippen molar-refractivity contribution in [3.8, 4) is 0 Å². The van der Waals surface area contributed by atoms with Crippen LogP contribution in [0.5, 0.6) is 0 Å². The lowest BCUT2D eigenvalue weighted by Crippen LogP contribution is -2.30. The highest BCUT2D eigenvalue weighted by Gasteiger charge is 2.30. The van der Waals surface area contributed by atoms with Gasteiger partial charge >= 0.3 is 39.5 Å². The van der Waals surface area contributed by atoms with Crippen LogP contribution in [0.15, 0.2) is 0 Å². The lowest BCUT2D eigenvalue weighted by molar-refractivity contribution is -0.161. The predicted octanol–water partition coefficient (Wildman–Crippen LogP) is 19.6. The van der Waals surface area contributed by atoms with Crippen LogP contribution in [-0.4, -0.2) is 96.7 Å². The summed E-state index contributed by atoms with van der Waals surface area (Å²) in [5.41, 5.74) is 0. The molecule has 2 unspecified atom stereocenters. The third-order valence-corrected chi connectivity index (χ3v) is 17.9. The van der Waals surface area contributed by atoms with Gasteiger partial charge in [0.05, 0.1) is 26.4 Å². The normalized spacial score (nSPS) is 14.2. The van der Waals surface area contributed by atoms with Gasteiger partial charge in [-0.25, -0.2) is 9.13 Å². The molecule has 0 aromatic heterocycles. The Morgan fingerprint density at radius 1 is 0.307 bits per heavy atom. The van der Waals surface area contributed by atoms with Gasteiger partial charge in [-0.2, -0.15) is 0 Å². The minimum absolute atomic E-state index is 0.105. The number of phosphoric acid groups is 2. The van der Waals surface area contributed by atoms with E-state index in [1.165, 1.54) is 154 Å². The van der Waals surface area contributed by atoms with E-state index in [4.69, 9.17) is 37.0 Å². The number of carbonyl (C=O) groups is 4. The molecule has 0 aliphatic rings. The Labute approximate surface area is 537 Å². The van der Waals surface area contributed by atoms with Gasteiger partial charge in [-0.05, 0) is 37.5 Å². The van der Waals surface area contributed by atoms with Crippen LogP contribution < -0.4 is 0 Å². The number of aliphatic hydroxyl groups is 1. The van der Waals surface area contributed by atoms with E-state index in [9.17, 15) is 43.2 Å². The summed E-state index contributed by atoms with van der Waals surface area (Å²) in [4.78, 5) is 72.3. The Hall–Kier alpha value is -1.94. The van der Waals surface area contributed by atoms with Crippen LogP contribution in [0.4, 0.5) is 0 Å². The number of hydrogen-bond donors (Lipinski definition) is 3. The van der Waals surface area contributed by atoms with E-state index in [1.807, 2.05) is 0 Å². The molecule has 0 fully saturated rings. The summed E-state index contributed by atoms with van der Waals surface area (Å²) in [5, 5.41) is 10.6. The Kier molecular flexibility index (Phi) is 59.9. The van der Waals surface area contributed by atoms with Gasteiger partial charge in [0.2, 0.25) is 0 Å². The smallest absolute Gasteiger partial charge is 0.462 e. The minimum atomic E-state index is -4.95. The first-order valence-electron chi connectivity index (χ1n) is 36.0. The van der Waals surface area contributed by atoms with Gasteiger partial charge < -0.3 is 33.8 Å². The van der Waals surface area contributed by atoms with Gasteiger partial charge in [-0.1, -0.05) is 298 Å². The van der Waals surface area contributed by atoms with Gasteiger partial charge in [-0.3, -0.25) is 37.3 Å². The largest absolute Gasteiger partial charge is 0.472 e. The van der Waals surface area contributed by atoms with Gasteiger partial charge in [-0.15, -0.1) is 0 Å². The summed E-state index contributed by atoms with van der Waals surface area (Å²) in [6.07, 6.45) is 45.9. The van der Waals surface area contributed by atoms with Crippen molar-refractivity contribution < 1.29 is 80.2 Å². The van der Waals surface area contributed by atoms with E-state index in [1.54, 1.807) is 0 Å². The molecule has 3 N–H and O–H groups in total. The van der Waals surface area contributed by atoms with Crippen molar-refractivity contribution in [3.63, 3.8) is 0 Å². The molecule has 0 aromatic rings. The predicted molar refractivity (Wildman–Crippen MR) is 354 cm³/mol. The molecule has 0 spiro atoms. The van der Waals surface area contributed by atoms with Crippen molar-refractivity contribution in [3.05, 3.63) is 0 Å². The van der Waals surface area contributed by atoms with E-state index < -0.39 is 97.5 Å². The monoisotopic (exact) mass is 1300 g/mol. The highest BCUT2D eigenvalue weighted by atomic mass is 31.2. The lowest BCUT2D eigenvalue weighted by atomic mass is 10.0. The second-order valence-corrected chi connectivity index (χ2v) is 28.8. The molecular weight excluding hydrogens is 1160 g/mol. The highest BCUT2D eigenvalue weighted by molar-refractivity contribution is 7.47. The van der Waals surface area contributed by atoms with Crippen molar-refractivity contribution in [1.82, 2.24) is 0 Å². The van der Waals surface area contributed by atoms with E-state index in [0.717, 1.165) is 115 Å². The van der Waals surface area contributed by atoms with Gasteiger partial charge in [0, 0.05) is 25.7 Å². The van der Waals surface area contributed by atoms with Gasteiger partial charge in [0.15, 0.2) is 12.2 Å². The third-order valence-electron chi connectivity index (χ3n) is 16.0. The quantitative estimate of drug-likeness (QED) is 0.0222. The molecule has 0 heterocycles. The average Bonchev–Trinajstić information content (AvgIpc) is 3.66. The van der Waals surface area contributed by atoms with Crippen LogP contribution in [0.3, 0.4) is 0 Å². The number of hydrogen-bond acceptors (Lipinski definition) is 15. The number of ether oxygens (including phenoxy) is 4. The number of phosphoric ester groups is 2. The van der Waals surface area contributed by atoms with Crippen LogP contribution in [0.25, 0.3) is 0 Å². The van der Waals surface area contributed by atoms with Gasteiger partial charge in [0.1, 0.15) is 19.3 Å². The maximum Gasteiger partial charge on any atom is 0.472 e. The van der Waals surface area contributed by atoms with Crippen LogP contribution >= 0.6 is 15.6 Å². The zero-order valence-corrected chi connectivity index (χ0v) is 58.8. The number of carbonyl (C=O) groups excluding carboxylic acids is 4. The number of rotatable bonds is 68. The van der Waals surface area contributed by atoms with E-state index in [-0.39, 0.29) is 25.7 Å². The third kappa shape index (κ3) is 62.8. The minimum Gasteiger partial charge on any atom is -0.462 e. The summed E-state index contributed by atoms with van der Waals surface area (Å²) in [7, 11) is -9.89. The van der Waals surface area contributed by atoms with Crippen molar-refractivity contribution in [2.45, 2.75) is 368 Å². The molecule has 522 valence electrons. The number of esters is 4. The molecule has 0 rings (SSSR count). The second kappa shape index (κ2) is 61.3. The number of unbranched alkanes of at least 4 members (excludes halogenated alkanes) is 38. The zero-order valence-electron chi connectivity index (χ0n) is 57.0. The van der Waals surface area contributed by atoms with Crippen molar-refractivity contribution >= 4 is 39.5 Å². The summed E-state index contributed by atoms with van der Waals surface area (Å²) >= 11 is 0. The molecule has 0 aliphatic carbocycles. The summed E-state index contributed by atoms with van der Waals surface area (Å²) in [5.74, 6) is -0.552. The summed E-state index contributed by atoms with van der Waals surface area (Å²) < 4.78 is 68.1. The molecular formula is C69H134O17P2. The maximum absolute atomic E-state index is 13.0. The lowest BCUT2D eigenvalue weighted by Gasteiger charge is -2.21. The molecule has 0 aromatic carbocycles. The van der Waals surface area contributed by atoms with Crippen LogP contribution in [-0.2, 0) is 65.4 Å². The van der Waals surface area contributed by atoms with E-state index >= 15 is 0 Å². The van der Waals surface area contributed by atoms with Crippen LogP contribution in [0.1, 0.15) is 350 Å². The summed E-state index contributed by atoms with van der Waals surface area (Å²) in [6, 6.07) is 0. The molecule has 0 radical (unpaired) electrons. The Morgan fingerprint density at radius 3 is 0.773 bits per heavy atom. The molecule has 0 bridgehead atoms. The molecule has 0 aliphatic heterocycles. The zero-order chi connectivity index (χ0) is 65.0. The fraction of sp³-hybridized carbons (Fsp3) is 0.942. The Bertz CT molecular complexity index is 1720. The second-order valence-electron chi connectivity index (χ2n) is 25.9. The van der Waals surface area contributed by atoms with Crippen molar-refractivity contribution in [2.75, 3.05) is 39.6 Å². The highest BCUT2D eigenvalue weighted by Crippen LogP contribution is 2.45. The topological polar surface area (TPSA) is 237 Å². The molecule has 0 amide bonds. The molecule has 5 atom stereocenters. The first-order chi connectivity index (χ1) is 42.4. The van der Waals surface area contributed by atoms with Crippen molar-refractivity contribution in [2.24, 2.45) is 11.8 Å².